The summed E-state index contributed by atoms with van der Waals surface area (Å²) in [4.78, 5) is 41.2. The quantitative estimate of drug-likeness (QED) is 0.274. The number of benzene rings is 1. The molecule has 1 saturated heterocycles. The summed E-state index contributed by atoms with van der Waals surface area (Å²) < 4.78 is 1.30. The van der Waals surface area contributed by atoms with E-state index in [1.807, 2.05) is 24.4 Å². The normalized spacial score (nSPS) is 17.1. The van der Waals surface area contributed by atoms with E-state index in [-0.39, 0.29) is 29.7 Å². The van der Waals surface area contributed by atoms with Crippen molar-refractivity contribution in [1.82, 2.24) is 19.6 Å². The Morgan fingerprint density at radius 3 is 2.43 bits per heavy atom. The maximum absolute atomic E-state index is 13.3. The van der Waals surface area contributed by atoms with Crippen LogP contribution in [0.4, 0.5) is 10.6 Å². The molecule has 1 aliphatic heterocycles. The van der Waals surface area contributed by atoms with Crippen LogP contribution in [0.25, 0.3) is 0 Å². The van der Waals surface area contributed by atoms with Crippen LogP contribution in [0.1, 0.15) is 45.6 Å². The summed E-state index contributed by atoms with van der Waals surface area (Å²) in [6, 6.07) is 8.18. The number of nitrogens with zero attached hydrogens (tertiary/aromatic N) is 4. The van der Waals surface area contributed by atoms with E-state index in [1.165, 1.54) is 25.8 Å². The van der Waals surface area contributed by atoms with Crippen molar-refractivity contribution in [2.45, 2.75) is 32.4 Å². The van der Waals surface area contributed by atoms with Crippen LogP contribution in [-0.2, 0) is 11.3 Å². The molecule has 4 rings (SSSR count). The standard InChI is InChI=1S/C24H27N7O3S/c1-13-19(18-14(2)30(23(18)33)24(34)29(3)4)28-31(22(32)17-9-10-35-12-17)21(13)27-11-15-5-7-16(8-6-15)20(25)26/h5-10,12,14,18,27H,11H2,1-4H3,(H3,25,26). The van der Waals surface area contributed by atoms with Gasteiger partial charge in [-0.1, -0.05) is 24.3 Å². The smallest absolute Gasteiger partial charge is 0.326 e. The van der Waals surface area contributed by atoms with Gasteiger partial charge in [-0.25, -0.2) is 4.79 Å². The second-order valence-electron chi connectivity index (χ2n) is 8.66. The number of anilines is 1. The van der Waals surface area contributed by atoms with Gasteiger partial charge in [0.1, 0.15) is 17.6 Å². The number of urea groups is 1. The first-order valence-corrected chi connectivity index (χ1v) is 11.9. The highest BCUT2D eigenvalue weighted by molar-refractivity contribution is 7.08. The van der Waals surface area contributed by atoms with Gasteiger partial charge in [0.15, 0.2) is 0 Å². The molecule has 2 unspecified atom stereocenters. The third kappa shape index (κ3) is 4.30. The summed E-state index contributed by atoms with van der Waals surface area (Å²) >= 11 is 1.41. The summed E-state index contributed by atoms with van der Waals surface area (Å²) in [5, 5.41) is 19.0. The van der Waals surface area contributed by atoms with Crippen molar-refractivity contribution >= 4 is 40.8 Å². The van der Waals surface area contributed by atoms with Crippen molar-refractivity contribution in [2.24, 2.45) is 5.73 Å². The lowest BCUT2D eigenvalue weighted by molar-refractivity contribution is -0.144. The molecule has 35 heavy (non-hydrogen) atoms. The Morgan fingerprint density at radius 2 is 1.89 bits per heavy atom. The van der Waals surface area contributed by atoms with E-state index in [2.05, 4.69) is 10.4 Å². The molecule has 3 amide bonds. The second-order valence-corrected chi connectivity index (χ2v) is 9.44. The number of thiophene rings is 1. The number of carbonyl (C=O) groups excluding carboxylic acids is 3. The molecule has 3 heterocycles. The third-order valence-electron chi connectivity index (χ3n) is 6.12. The van der Waals surface area contributed by atoms with Crippen molar-refractivity contribution in [3.8, 4) is 0 Å². The average Bonchev–Trinajstić information content (AvgIpc) is 3.47. The molecule has 182 valence electrons. The van der Waals surface area contributed by atoms with E-state index in [9.17, 15) is 14.4 Å². The van der Waals surface area contributed by atoms with E-state index >= 15 is 0 Å². The van der Waals surface area contributed by atoms with E-state index in [4.69, 9.17) is 11.1 Å². The molecule has 0 spiro atoms. The highest BCUT2D eigenvalue weighted by Gasteiger charge is 2.51. The molecule has 0 radical (unpaired) electrons. The van der Waals surface area contributed by atoms with Crippen LogP contribution >= 0.6 is 11.3 Å². The Hall–Kier alpha value is -3.99. The molecule has 11 heteroatoms. The number of hydrogen-bond acceptors (Lipinski definition) is 7. The molecular weight excluding hydrogens is 466 g/mol. The van der Waals surface area contributed by atoms with Gasteiger partial charge < -0.3 is 16.0 Å². The van der Waals surface area contributed by atoms with Gasteiger partial charge in [-0.3, -0.25) is 19.9 Å². The molecule has 3 aromatic rings. The molecule has 1 fully saturated rings. The lowest BCUT2D eigenvalue weighted by Gasteiger charge is -2.44. The van der Waals surface area contributed by atoms with E-state index < -0.39 is 5.92 Å². The number of hydrogen-bond donors (Lipinski definition) is 3. The minimum Gasteiger partial charge on any atom is -0.384 e. The van der Waals surface area contributed by atoms with Gasteiger partial charge in [-0.2, -0.15) is 21.1 Å². The molecule has 4 N–H and O–H groups in total. The Bertz CT molecular complexity index is 1300. The van der Waals surface area contributed by atoms with Crippen molar-refractivity contribution < 1.29 is 14.4 Å². The molecule has 2 aromatic heterocycles. The minimum absolute atomic E-state index is 0.00879. The Balaban J connectivity index is 1.66. The SMILES string of the molecule is Cc1c(C2C(=O)N(C(=O)N(C)C)C2C)nn(C(=O)c2ccsc2)c1NCc1ccc(C(=N)N)cc1. The zero-order valence-corrected chi connectivity index (χ0v) is 20.7. The number of amides is 3. The van der Waals surface area contributed by atoms with E-state index in [0.717, 1.165) is 5.56 Å². The molecule has 1 aliphatic rings. The van der Waals surface area contributed by atoms with Gasteiger partial charge in [-0.05, 0) is 30.9 Å². The largest absolute Gasteiger partial charge is 0.384 e. The Labute approximate surface area is 206 Å². The van der Waals surface area contributed by atoms with Crippen molar-refractivity contribution in [2.75, 3.05) is 19.4 Å². The molecule has 10 nitrogen and oxygen atoms in total. The number of imide groups is 1. The Kier molecular flexibility index (Phi) is 6.44. The van der Waals surface area contributed by atoms with Crippen LogP contribution in [0.3, 0.4) is 0 Å². The molecule has 0 bridgehead atoms. The third-order valence-corrected chi connectivity index (χ3v) is 6.80. The zero-order chi connectivity index (χ0) is 25.4. The average molecular weight is 494 g/mol. The molecule has 0 saturated carbocycles. The van der Waals surface area contributed by atoms with Crippen LogP contribution in [-0.4, -0.2) is 63.4 Å². The summed E-state index contributed by atoms with van der Waals surface area (Å²) in [6.07, 6.45) is 0. The first-order valence-electron chi connectivity index (χ1n) is 11.0. The highest BCUT2D eigenvalue weighted by Crippen LogP contribution is 2.39. The number of likely N-dealkylation sites (tertiary alicyclic amines) is 1. The number of amidine groups is 1. The second kappa shape index (κ2) is 9.34. The van der Waals surface area contributed by atoms with Crippen molar-refractivity contribution in [3.63, 3.8) is 0 Å². The topological polar surface area (TPSA) is 137 Å². The predicted octanol–water partition coefficient (Wildman–Crippen LogP) is 2.83. The maximum atomic E-state index is 13.3. The lowest BCUT2D eigenvalue weighted by Crippen LogP contribution is -2.62. The summed E-state index contributed by atoms with van der Waals surface area (Å²) in [5.74, 6) is -0.783. The molecular formula is C24H27N7O3S. The number of aromatic nitrogens is 2. The number of nitrogen functional groups attached to an aromatic ring is 1. The predicted molar refractivity (Wildman–Crippen MR) is 134 cm³/mol. The fraction of sp³-hybridized carbons (Fsp3) is 0.292. The number of nitrogens with one attached hydrogen (secondary N) is 2. The van der Waals surface area contributed by atoms with Crippen molar-refractivity contribution in [3.05, 3.63) is 69.0 Å². The van der Waals surface area contributed by atoms with Gasteiger partial charge in [0.2, 0.25) is 5.91 Å². The number of nitrogens with two attached hydrogens (primary N) is 1. The van der Waals surface area contributed by atoms with Gasteiger partial charge in [0.05, 0.1) is 17.3 Å². The van der Waals surface area contributed by atoms with Gasteiger partial charge >= 0.3 is 6.03 Å². The van der Waals surface area contributed by atoms with Gasteiger partial charge in [0, 0.05) is 37.1 Å². The van der Waals surface area contributed by atoms with Crippen LogP contribution in [0, 0.1) is 12.3 Å². The highest BCUT2D eigenvalue weighted by atomic mass is 32.1. The molecule has 2 atom stereocenters. The fourth-order valence-corrected chi connectivity index (χ4v) is 4.74. The minimum atomic E-state index is -0.620. The van der Waals surface area contributed by atoms with E-state index in [0.29, 0.717) is 34.7 Å². The van der Waals surface area contributed by atoms with Crippen molar-refractivity contribution in [1.29, 1.82) is 5.41 Å². The summed E-state index contributed by atoms with van der Waals surface area (Å²) in [5.41, 5.74) is 8.72. The van der Waals surface area contributed by atoms with Crippen LogP contribution < -0.4 is 11.1 Å². The summed E-state index contributed by atoms with van der Waals surface area (Å²) in [7, 11) is 3.19. The van der Waals surface area contributed by atoms with Crippen LogP contribution in [0.15, 0.2) is 41.1 Å². The first kappa shape index (κ1) is 24.1. The van der Waals surface area contributed by atoms with E-state index in [1.54, 1.807) is 44.6 Å². The summed E-state index contributed by atoms with van der Waals surface area (Å²) in [6.45, 7) is 4.01. The fourth-order valence-electron chi connectivity index (χ4n) is 4.11. The van der Waals surface area contributed by atoms with Crippen LogP contribution in [0.2, 0.25) is 0 Å². The van der Waals surface area contributed by atoms with Crippen LogP contribution in [0.5, 0.6) is 0 Å². The molecule has 0 aliphatic carbocycles. The number of carbonyl (C=O) groups is 3. The maximum Gasteiger partial charge on any atom is 0.326 e. The van der Waals surface area contributed by atoms with Gasteiger partial charge in [-0.15, -0.1) is 0 Å². The monoisotopic (exact) mass is 493 g/mol. The lowest BCUT2D eigenvalue weighted by atomic mass is 9.84. The number of rotatable bonds is 6. The van der Waals surface area contributed by atoms with Gasteiger partial charge in [0.25, 0.3) is 5.91 Å². The zero-order valence-electron chi connectivity index (χ0n) is 19.9. The number of β-lactam (4-membered cyclic amide) rings is 1. The molecule has 1 aromatic carbocycles. The Morgan fingerprint density at radius 1 is 1.20 bits per heavy atom. The first-order chi connectivity index (χ1) is 16.6.